The number of nitrogens with two attached hydrogens (primary N) is 5. The molecule has 0 saturated carbocycles. The first-order valence-electron chi connectivity index (χ1n) is 11.8. The summed E-state index contributed by atoms with van der Waals surface area (Å²) in [7, 11) is 0. The molecule has 0 fully saturated rings. The van der Waals surface area contributed by atoms with Crippen molar-refractivity contribution in [2.45, 2.75) is 77.0 Å². The number of amides is 3. The fourth-order valence-corrected chi connectivity index (χ4v) is 3.02. The van der Waals surface area contributed by atoms with Crippen LogP contribution in [-0.2, 0) is 19.2 Å². The molecule has 0 aromatic rings. The second kappa shape index (κ2) is 16.9. The number of aliphatic imine (C=N–C) groups is 2. The maximum atomic E-state index is 13.1. The first-order chi connectivity index (χ1) is 16.8. The fraction of sp³-hybridized carbons (Fsp3) is 0.714. The van der Waals surface area contributed by atoms with E-state index in [0.29, 0.717) is 25.8 Å². The van der Waals surface area contributed by atoms with Crippen LogP contribution in [0.25, 0.3) is 0 Å². The van der Waals surface area contributed by atoms with Gasteiger partial charge in [-0.3, -0.25) is 29.2 Å². The molecular weight excluding hydrogens is 472 g/mol. The number of nitrogens with zero attached hydrogens (tertiary/aromatic N) is 2. The molecule has 0 aromatic heterocycles. The zero-order valence-corrected chi connectivity index (χ0v) is 21.2. The number of aliphatic carboxylic acids is 1. The molecule has 0 radical (unpaired) electrons. The molecule has 0 aromatic carbocycles. The molecule has 0 rings (SSSR count). The molecule has 5 atom stereocenters. The molecule has 0 aliphatic carbocycles. The van der Waals surface area contributed by atoms with Gasteiger partial charge in [0, 0.05) is 13.1 Å². The summed E-state index contributed by atoms with van der Waals surface area (Å²) >= 11 is 0. The average Bonchev–Trinajstić information content (AvgIpc) is 2.80. The zero-order valence-electron chi connectivity index (χ0n) is 21.2. The van der Waals surface area contributed by atoms with Crippen LogP contribution in [0.5, 0.6) is 0 Å². The van der Waals surface area contributed by atoms with E-state index < -0.39 is 47.9 Å². The fourth-order valence-electron chi connectivity index (χ4n) is 3.02. The van der Waals surface area contributed by atoms with Crippen molar-refractivity contribution in [1.29, 1.82) is 0 Å². The summed E-state index contributed by atoms with van der Waals surface area (Å²) in [6, 6.07) is -4.12. The highest BCUT2D eigenvalue weighted by molar-refractivity contribution is 5.94. The van der Waals surface area contributed by atoms with E-state index in [-0.39, 0.29) is 37.2 Å². The van der Waals surface area contributed by atoms with Crippen LogP contribution in [0.1, 0.15) is 52.9 Å². The molecule has 5 unspecified atom stereocenters. The zero-order chi connectivity index (χ0) is 27.8. The van der Waals surface area contributed by atoms with Gasteiger partial charge >= 0.3 is 5.97 Å². The van der Waals surface area contributed by atoms with E-state index in [1.165, 1.54) is 6.92 Å². The van der Waals surface area contributed by atoms with Gasteiger partial charge in [-0.25, -0.2) is 0 Å². The van der Waals surface area contributed by atoms with Crippen molar-refractivity contribution in [1.82, 2.24) is 16.0 Å². The number of hydrogen-bond acceptors (Lipinski definition) is 7. The Labute approximate surface area is 211 Å². The third kappa shape index (κ3) is 13.3. The summed E-state index contributed by atoms with van der Waals surface area (Å²) in [6.45, 7) is 5.41. The Kier molecular flexibility index (Phi) is 15.2. The number of nitrogens with one attached hydrogen (secondary N) is 3. The second-order valence-electron chi connectivity index (χ2n) is 8.51. The van der Waals surface area contributed by atoms with E-state index in [1.807, 2.05) is 6.92 Å². The van der Waals surface area contributed by atoms with E-state index >= 15 is 0 Å². The number of carboxylic acid groups (broad SMARTS) is 1. The lowest BCUT2D eigenvalue weighted by atomic mass is 9.97. The van der Waals surface area contributed by atoms with Crippen LogP contribution in [0.3, 0.4) is 0 Å². The largest absolute Gasteiger partial charge is 0.480 e. The summed E-state index contributed by atoms with van der Waals surface area (Å²) in [6.07, 6.45) is 1.77. The lowest BCUT2D eigenvalue weighted by Crippen LogP contribution is -2.58. The maximum absolute atomic E-state index is 13.1. The van der Waals surface area contributed by atoms with Crippen LogP contribution in [-0.4, -0.2) is 78.0 Å². The molecule has 0 heterocycles. The molecule has 14 N–H and O–H groups in total. The number of guanidine groups is 2. The summed E-state index contributed by atoms with van der Waals surface area (Å²) in [5.41, 5.74) is 27.1. The summed E-state index contributed by atoms with van der Waals surface area (Å²) in [4.78, 5) is 57.3. The molecular formula is C21H42N10O5. The smallest absolute Gasteiger partial charge is 0.325 e. The van der Waals surface area contributed by atoms with E-state index in [1.54, 1.807) is 6.92 Å². The van der Waals surface area contributed by atoms with Crippen LogP contribution >= 0.6 is 0 Å². The second-order valence-corrected chi connectivity index (χ2v) is 8.51. The van der Waals surface area contributed by atoms with Gasteiger partial charge in [-0.05, 0) is 38.5 Å². The number of carbonyl (C=O) groups excluding carboxylic acids is 3. The van der Waals surface area contributed by atoms with E-state index in [4.69, 9.17) is 33.8 Å². The van der Waals surface area contributed by atoms with Crippen molar-refractivity contribution in [3.63, 3.8) is 0 Å². The molecule has 0 aliphatic rings. The van der Waals surface area contributed by atoms with Gasteiger partial charge in [-0.15, -0.1) is 0 Å². The quantitative estimate of drug-likeness (QED) is 0.0539. The van der Waals surface area contributed by atoms with Gasteiger partial charge in [-0.1, -0.05) is 20.3 Å². The van der Waals surface area contributed by atoms with Crippen molar-refractivity contribution in [2.24, 2.45) is 44.6 Å². The number of hydrogen-bond donors (Lipinski definition) is 9. The van der Waals surface area contributed by atoms with Crippen molar-refractivity contribution in [2.75, 3.05) is 13.1 Å². The minimum absolute atomic E-state index is 0.0665. The predicted octanol–water partition coefficient (Wildman–Crippen LogP) is -2.97. The lowest BCUT2D eigenvalue weighted by Gasteiger charge is -2.27. The predicted molar refractivity (Wildman–Crippen MR) is 136 cm³/mol. The third-order valence-electron chi connectivity index (χ3n) is 5.41. The first-order valence-corrected chi connectivity index (χ1v) is 11.8. The van der Waals surface area contributed by atoms with Crippen LogP contribution < -0.4 is 44.6 Å². The van der Waals surface area contributed by atoms with Crippen molar-refractivity contribution in [3.8, 4) is 0 Å². The standard InChI is InChI=1S/C21H42N10O5/c1-4-11(2)15(18(34)29-12(3)19(35)36)31-17(33)14(8-6-10-28-21(25)26)30-16(32)13(22)7-5-9-27-20(23)24/h11-15H,4-10,22H2,1-3H3,(H,29,34)(H,30,32)(H,31,33)(H,35,36)(H4,23,24,27)(H4,25,26,28). The van der Waals surface area contributed by atoms with E-state index in [9.17, 15) is 19.2 Å². The Balaban J connectivity index is 5.45. The van der Waals surface area contributed by atoms with E-state index in [0.717, 1.165) is 0 Å². The number of rotatable bonds is 17. The molecule has 0 spiro atoms. The topological polar surface area (TPSA) is 279 Å². The van der Waals surface area contributed by atoms with Gasteiger partial charge in [0.2, 0.25) is 17.7 Å². The lowest BCUT2D eigenvalue weighted by molar-refractivity contribution is -0.142. The van der Waals surface area contributed by atoms with Gasteiger partial charge in [0.05, 0.1) is 6.04 Å². The van der Waals surface area contributed by atoms with Crippen LogP contribution in [0, 0.1) is 5.92 Å². The van der Waals surface area contributed by atoms with Gasteiger partial charge in [0.25, 0.3) is 0 Å². The molecule has 0 bridgehead atoms. The Morgan fingerprint density at radius 1 is 0.806 bits per heavy atom. The Morgan fingerprint density at radius 2 is 1.33 bits per heavy atom. The normalized spacial score (nSPS) is 14.8. The average molecular weight is 515 g/mol. The first kappa shape index (κ1) is 32.4. The Hall–Kier alpha value is -3.62. The molecule has 15 nitrogen and oxygen atoms in total. The number of carboxylic acids is 1. The summed E-state index contributed by atoms with van der Waals surface area (Å²) in [5, 5.41) is 16.7. The molecule has 0 aliphatic heterocycles. The SMILES string of the molecule is CCC(C)C(NC(=O)C(CCCN=C(N)N)NC(=O)C(N)CCCN=C(N)N)C(=O)NC(C)C(=O)O. The highest BCUT2D eigenvalue weighted by Gasteiger charge is 2.31. The monoisotopic (exact) mass is 514 g/mol. The van der Waals surface area contributed by atoms with Crippen molar-refractivity contribution >= 4 is 35.6 Å². The van der Waals surface area contributed by atoms with Gasteiger partial charge in [-0.2, -0.15) is 0 Å². The minimum Gasteiger partial charge on any atom is -0.480 e. The molecule has 15 heteroatoms. The highest BCUT2D eigenvalue weighted by Crippen LogP contribution is 2.10. The van der Waals surface area contributed by atoms with Gasteiger partial charge in [0.15, 0.2) is 11.9 Å². The van der Waals surface area contributed by atoms with Crippen molar-refractivity contribution in [3.05, 3.63) is 0 Å². The summed E-state index contributed by atoms with van der Waals surface area (Å²) in [5.74, 6) is -3.53. The summed E-state index contributed by atoms with van der Waals surface area (Å²) < 4.78 is 0. The van der Waals surface area contributed by atoms with Crippen LogP contribution in [0.2, 0.25) is 0 Å². The Bertz CT molecular complexity index is 796. The van der Waals surface area contributed by atoms with Gasteiger partial charge in [0.1, 0.15) is 18.1 Å². The molecule has 3 amide bonds. The molecule has 0 saturated heterocycles. The molecule has 36 heavy (non-hydrogen) atoms. The third-order valence-corrected chi connectivity index (χ3v) is 5.41. The van der Waals surface area contributed by atoms with Crippen molar-refractivity contribution < 1.29 is 24.3 Å². The van der Waals surface area contributed by atoms with Gasteiger partial charge < -0.3 is 49.7 Å². The van der Waals surface area contributed by atoms with E-state index in [2.05, 4.69) is 25.9 Å². The Morgan fingerprint density at radius 3 is 1.81 bits per heavy atom. The van der Waals surface area contributed by atoms with Crippen LogP contribution in [0.4, 0.5) is 0 Å². The minimum atomic E-state index is -1.21. The highest BCUT2D eigenvalue weighted by atomic mass is 16.4. The molecule has 206 valence electrons. The van der Waals surface area contributed by atoms with Crippen LogP contribution in [0.15, 0.2) is 9.98 Å². The number of carbonyl (C=O) groups is 4. The maximum Gasteiger partial charge on any atom is 0.325 e.